The first-order valence-corrected chi connectivity index (χ1v) is 9.79. The van der Waals surface area contributed by atoms with Crippen LogP contribution in [0.1, 0.15) is 29.5 Å². The van der Waals surface area contributed by atoms with Crippen molar-refractivity contribution in [2.75, 3.05) is 20.1 Å². The zero-order chi connectivity index (χ0) is 20.6. The number of amides is 1. The van der Waals surface area contributed by atoms with Gasteiger partial charge in [-0.1, -0.05) is 24.3 Å². The lowest BCUT2D eigenvalue weighted by molar-refractivity contribution is -0.128. The van der Waals surface area contributed by atoms with Crippen LogP contribution in [0.4, 0.5) is 8.78 Å². The summed E-state index contributed by atoms with van der Waals surface area (Å²) in [5, 5.41) is 6.33. The highest BCUT2D eigenvalue weighted by Crippen LogP contribution is 2.15. The second kappa shape index (κ2) is 10.0. The third-order valence-corrected chi connectivity index (χ3v) is 4.91. The summed E-state index contributed by atoms with van der Waals surface area (Å²) < 4.78 is 26.9. The number of benzene rings is 2. The normalized spacial score (nSPS) is 14.4. The summed E-state index contributed by atoms with van der Waals surface area (Å²) in [5.74, 6) is -0.0568. The summed E-state index contributed by atoms with van der Waals surface area (Å²) in [4.78, 5) is 17.9. The summed E-state index contributed by atoms with van der Waals surface area (Å²) in [6.45, 7) is 2.45. The molecule has 1 heterocycles. The molecule has 2 aromatic rings. The predicted molar refractivity (Wildman–Crippen MR) is 109 cm³/mol. The van der Waals surface area contributed by atoms with Crippen LogP contribution in [0.3, 0.4) is 0 Å². The third-order valence-electron chi connectivity index (χ3n) is 4.91. The Bertz CT molecular complexity index is 885. The fourth-order valence-electron chi connectivity index (χ4n) is 3.39. The Hall–Kier alpha value is -2.96. The number of aliphatic imine (C=N–C) groups is 1. The highest BCUT2D eigenvalue weighted by Gasteiger charge is 2.19. The average Bonchev–Trinajstić information content (AvgIpc) is 3.12. The van der Waals surface area contributed by atoms with Gasteiger partial charge in [0.05, 0.1) is 0 Å². The molecular weight excluding hydrogens is 374 g/mol. The predicted octanol–water partition coefficient (Wildman–Crippen LogP) is 2.99. The molecule has 0 aliphatic carbocycles. The molecule has 154 valence electrons. The van der Waals surface area contributed by atoms with Gasteiger partial charge in [-0.05, 0) is 47.7 Å². The van der Waals surface area contributed by atoms with E-state index in [0.717, 1.165) is 36.2 Å². The van der Waals surface area contributed by atoms with Gasteiger partial charge in [0.2, 0.25) is 5.91 Å². The largest absolute Gasteiger partial charge is 0.356 e. The van der Waals surface area contributed by atoms with Gasteiger partial charge >= 0.3 is 0 Å². The Morgan fingerprint density at radius 1 is 1.14 bits per heavy atom. The molecule has 1 fully saturated rings. The SMILES string of the molecule is CN=C(NCCc1cc(F)ccc1F)NCc1cccc(CN2CCCC2=O)c1. The molecule has 0 atom stereocenters. The van der Waals surface area contributed by atoms with Crippen LogP contribution in [-0.4, -0.2) is 36.9 Å². The Morgan fingerprint density at radius 3 is 2.72 bits per heavy atom. The molecule has 0 bridgehead atoms. The second-order valence-corrected chi connectivity index (χ2v) is 7.08. The van der Waals surface area contributed by atoms with E-state index in [-0.39, 0.29) is 5.91 Å². The number of halogens is 2. The van der Waals surface area contributed by atoms with Crippen LogP contribution in [0.2, 0.25) is 0 Å². The minimum Gasteiger partial charge on any atom is -0.356 e. The first kappa shape index (κ1) is 20.8. The van der Waals surface area contributed by atoms with Gasteiger partial charge in [0.1, 0.15) is 11.6 Å². The molecule has 2 N–H and O–H groups in total. The number of rotatable bonds is 7. The molecule has 1 amide bonds. The second-order valence-electron chi connectivity index (χ2n) is 7.08. The summed E-state index contributed by atoms with van der Waals surface area (Å²) >= 11 is 0. The van der Waals surface area contributed by atoms with Crippen molar-refractivity contribution in [1.29, 1.82) is 0 Å². The zero-order valence-electron chi connectivity index (χ0n) is 16.5. The zero-order valence-corrected chi connectivity index (χ0v) is 16.5. The van der Waals surface area contributed by atoms with Gasteiger partial charge < -0.3 is 15.5 Å². The van der Waals surface area contributed by atoms with Crippen molar-refractivity contribution in [3.05, 3.63) is 70.8 Å². The Morgan fingerprint density at radius 2 is 1.97 bits per heavy atom. The van der Waals surface area contributed by atoms with Crippen LogP contribution >= 0.6 is 0 Å². The lowest BCUT2D eigenvalue weighted by atomic mass is 10.1. The number of likely N-dealkylation sites (tertiary alicyclic amines) is 1. The maximum absolute atomic E-state index is 13.7. The van der Waals surface area contributed by atoms with Crippen molar-refractivity contribution in [2.24, 2.45) is 4.99 Å². The standard InChI is InChI=1S/C22H26F2N4O/c1-25-22(26-10-9-18-13-19(23)7-8-20(18)24)27-14-16-4-2-5-17(12-16)15-28-11-3-6-21(28)29/h2,4-5,7-8,12-13H,3,6,9-11,14-15H2,1H3,(H2,25,26,27). The first-order chi connectivity index (χ1) is 14.0. The highest BCUT2D eigenvalue weighted by atomic mass is 19.1. The number of hydrogen-bond donors (Lipinski definition) is 2. The number of carbonyl (C=O) groups is 1. The van der Waals surface area contributed by atoms with E-state index in [1.54, 1.807) is 7.05 Å². The smallest absolute Gasteiger partial charge is 0.222 e. The molecule has 1 aliphatic rings. The van der Waals surface area contributed by atoms with Crippen molar-refractivity contribution in [1.82, 2.24) is 15.5 Å². The van der Waals surface area contributed by atoms with Crippen molar-refractivity contribution in [3.8, 4) is 0 Å². The maximum Gasteiger partial charge on any atom is 0.222 e. The Labute approximate surface area is 169 Å². The number of guanidine groups is 1. The van der Waals surface area contributed by atoms with Crippen LogP contribution in [0.15, 0.2) is 47.5 Å². The summed E-state index contributed by atoms with van der Waals surface area (Å²) in [6.07, 6.45) is 1.92. The van der Waals surface area contributed by atoms with Crippen LogP contribution < -0.4 is 10.6 Å². The van der Waals surface area contributed by atoms with Crippen molar-refractivity contribution in [2.45, 2.75) is 32.4 Å². The summed E-state index contributed by atoms with van der Waals surface area (Å²) in [7, 11) is 1.66. The quantitative estimate of drug-likeness (QED) is 0.555. The fraction of sp³-hybridized carbons (Fsp3) is 0.364. The highest BCUT2D eigenvalue weighted by molar-refractivity contribution is 5.79. The maximum atomic E-state index is 13.7. The van der Waals surface area contributed by atoms with Crippen molar-refractivity contribution in [3.63, 3.8) is 0 Å². The molecule has 1 saturated heterocycles. The van der Waals surface area contributed by atoms with Gasteiger partial charge in [-0.3, -0.25) is 9.79 Å². The monoisotopic (exact) mass is 400 g/mol. The van der Waals surface area contributed by atoms with Gasteiger partial charge in [-0.15, -0.1) is 0 Å². The molecule has 7 heteroatoms. The van der Waals surface area contributed by atoms with E-state index in [2.05, 4.69) is 21.7 Å². The summed E-state index contributed by atoms with van der Waals surface area (Å²) in [5.41, 5.74) is 2.51. The number of nitrogens with zero attached hydrogens (tertiary/aromatic N) is 2. The molecule has 0 radical (unpaired) electrons. The van der Waals surface area contributed by atoms with Crippen LogP contribution in [0.5, 0.6) is 0 Å². The van der Waals surface area contributed by atoms with E-state index in [4.69, 9.17) is 0 Å². The van der Waals surface area contributed by atoms with Crippen molar-refractivity contribution >= 4 is 11.9 Å². The topological polar surface area (TPSA) is 56.7 Å². The fourth-order valence-corrected chi connectivity index (χ4v) is 3.39. The van der Waals surface area contributed by atoms with Gasteiger partial charge in [-0.25, -0.2) is 8.78 Å². The molecule has 1 aliphatic heterocycles. The minimum absolute atomic E-state index is 0.216. The van der Waals surface area contributed by atoms with E-state index in [0.29, 0.717) is 44.0 Å². The van der Waals surface area contributed by atoms with Gasteiger partial charge in [0.15, 0.2) is 5.96 Å². The molecule has 2 aromatic carbocycles. The molecule has 0 aromatic heterocycles. The van der Waals surface area contributed by atoms with Crippen LogP contribution in [0, 0.1) is 11.6 Å². The van der Waals surface area contributed by atoms with Crippen LogP contribution in [0.25, 0.3) is 0 Å². The Kier molecular flexibility index (Phi) is 7.16. The minimum atomic E-state index is -0.445. The number of nitrogens with one attached hydrogen (secondary N) is 2. The lowest BCUT2D eigenvalue weighted by Gasteiger charge is -2.16. The molecular formula is C22H26F2N4O. The molecule has 5 nitrogen and oxygen atoms in total. The molecule has 29 heavy (non-hydrogen) atoms. The van der Waals surface area contributed by atoms with E-state index < -0.39 is 11.6 Å². The molecule has 0 saturated carbocycles. The van der Waals surface area contributed by atoms with Gasteiger partial charge in [0.25, 0.3) is 0 Å². The average molecular weight is 400 g/mol. The van der Waals surface area contributed by atoms with E-state index in [9.17, 15) is 13.6 Å². The molecule has 0 unspecified atom stereocenters. The first-order valence-electron chi connectivity index (χ1n) is 9.79. The van der Waals surface area contributed by atoms with E-state index >= 15 is 0 Å². The van der Waals surface area contributed by atoms with Gasteiger partial charge in [-0.2, -0.15) is 0 Å². The number of hydrogen-bond acceptors (Lipinski definition) is 2. The van der Waals surface area contributed by atoms with E-state index in [1.165, 1.54) is 6.07 Å². The third kappa shape index (κ3) is 6.01. The Balaban J connectivity index is 1.48. The van der Waals surface area contributed by atoms with E-state index in [1.807, 2.05) is 23.1 Å². The molecule has 3 rings (SSSR count). The molecule has 0 spiro atoms. The lowest BCUT2D eigenvalue weighted by Crippen LogP contribution is -2.38. The summed E-state index contributed by atoms with van der Waals surface area (Å²) in [6, 6.07) is 11.6. The van der Waals surface area contributed by atoms with Gasteiger partial charge in [0, 0.05) is 39.6 Å². The van der Waals surface area contributed by atoms with Crippen LogP contribution in [-0.2, 0) is 24.3 Å². The number of carbonyl (C=O) groups excluding carboxylic acids is 1. The van der Waals surface area contributed by atoms with Crippen molar-refractivity contribution < 1.29 is 13.6 Å².